The van der Waals surface area contributed by atoms with Gasteiger partial charge in [-0.2, -0.15) is 0 Å². The van der Waals surface area contributed by atoms with Crippen LogP contribution in [0.1, 0.15) is 0 Å². The second-order valence-corrected chi connectivity index (χ2v) is 10.8. The van der Waals surface area contributed by atoms with Gasteiger partial charge in [-0.05, 0) is 53.5 Å². The maximum Gasteiger partial charge on any atom is 0.203 e. The lowest BCUT2D eigenvalue weighted by molar-refractivity contribution is 0.886. The van der Waals surface area contributed by atoms with Crippen LogP contribution in [0.3, 0.4) is 0 Å². The van der Waals surface area contributed by atoms with Gasteiger partial charge in [0, 0.05) is 26.4 Å². The highest BCUT2D eigenvalue weighted by Gasteiger charge is 2.20. The van der Waals surface area contributed by atoms with Crippen molar-refractivity contribution in [2.24, 2.45) is 0 Å². The zero-order valence-corrected chi connectivity index (χ0v) is 20.3. The van der Waals surface area contributed by atoms with Gasteiger partial charge in [0.25, 0.3) is 0 Å². The molecule has 4 nitrogen and oxygen atoms in total. The molecule has 0 bridgehead atoms. The van der Waals surface area contributed by atoms with Gasteiger partial charge in [0.05, 0.1) is 10.6 Å². The number of hydrogen-bond donors (Lipinski definition) is 0. The first kappa shape index (κ1) is 20.6. The third kappa shape index (κ3) is 4.09. The van der Waals surface area contributed by atoms with Crippen LogP contribution in [-0.4, -0.2) is 19.7 Å². The maximum absolute atomic E-state index is 6.03. The van der Waals surface area contributed by atoms with E-state index in [-0.39, 0.29) is 0 Å². The lowest BCUT2D eigenvalue weighted by atomic mass is 10.2. The van der Waals surface area contributed by atoms with E-state index in [1.807, 2.05) is 42.5 Å². The minimum absolute atomic E-state index is 0.716. The largest absolute Gasteiger partial charge is 0.269 e. The van der Waals surface area contributed by atoms with E-state index in [2.05, 4.69) is 62.6 Å². The third-order valence-corrected chi connectivity index (χ3v) is 8.34. The average molecular weight is 503 g/mol. The molecule has 33 heavy (non-hydrogen) atoms. The lowest BCUT2D eigenvalue weighted by Crippen LogP contribution is -1.98. The number of nitrogens with zero attached hydrogens (tertiary/aromatic N) is 4. The third-order valence-electron chi connectivity index (χ3n) is 5.10. The minimum Gasteiger partial charge on any atom is -0.269 e. The van der Waals surface area contributed by atoms with Gasteiger partial charge in [-0.3, -0.25) is 4.57 Å². The van der Waals surface area contributed by atoms with E-state index < -0.39 is 0 Å². The van der Waals surface area contributed by atoms with Crippen molar-refractivity contribution in [3.8, 4) is 27.6 Å². The van der Waals surface area contributed by atoms with Crippen LogP contribution >= 0.6 is 46.0 Å². The van der Waals surface area contributed by atoms with Crippen molar-refractivity contribution in [1.29, 1.82) is 0 Å². The Kier molecular flexibility index (Phi) is 5.47. The zero-order valence-electron chi connectivity index (χ0n) is 17.1. The molecule has 3 heterocycles. The molecular formula is C25H15ClN4S3. The van der Waals surface area contributed by atoms with Crippen LogP contribution in [0.5, 0.6) is 0 Å². The Morgan fingerprint density at radius 1 is 0.848 bits per heavy atom. The summed E-state index contributed by atoms with van der Waals surface area (Å²) in [6, 6.07) is 28.5. The first-order valence-electron chi connectivity index (χ1n) is 10.1. The summed E-state index contributed by atoms with van der Waals surface area (Å²) in [6.07, 6.45) is 0. The molecule has 6 aromatic rings. The summed E-state index contributed by atoms with van der Waals surface area (Å²) in [5.41, 5.74) is 2.99. The van der Waals surface area contributed by atoms with Crippen LogP contribution < -0.4 is 0 Å². The molecule has 8 heteroatoms. The second-order valence-electron chi connectivity index (χ2n) is 7.23. The fourth-order valence-corrected chi connectivity index (χ4v) is 6.47. The molecule has 3 aromatic heterocycles. The van der Waals surface area contributed by atoms with E-state index in [1.165, 1.54) is 21.8 Å². The normalized spacial score (nSPS) is 11.3. The van der Waals surface area contributed by atoms with Crippen LogP contribution in [0.25, 0.3) is 37.7 Å². The summed E-state index contributed by atoms with van der Waals surface area (Å²) in [5, 5.41) is 13.9. The monoisotopic (exact) mass is 502 g/mol. The number of hydrogen-bond acceptors (Lipinski definition) is 6. The van der Waals surface area contributed by atoms with Gasteiger partial charge in [-0.15, -0.1) is 32.9 Å². The minimum atomic E-state index is 0.716. The molecule has 0 aliphatic heterocycles. The SMILES string of the molecule is Clc1ccc(-c2csc(Sc3nnc(-c4cc5ccccc5s4)n3-c3ccccc3)n2)cc1. The maximum atomic E-state index is 6.03. The van der Waals surface area contributed by atoms with Gasteiger partial charge in [0.15, 0.2) is 10.2 Å². The number of rotatable bonds is 5. The van der Waals surface area contributed by atoms with Crippen molar-refractivity contribution in [1.82, 2.24) is 19.7 Å². The molecule has 0 radical (unpaired) electrons. The summed E-state index contributed by atoms with van der Waals surface area (Å²) in [4.78, 5) is 5.90. The second kappa shape index (κ2) is 8.76. The molecule has 0 amide bonds. The van der Waals surface area contributed by atoms with Crippen molar-refractivity contribution >= 4 is 56.1 Å². The Labute approximate surface area is 207 Å². The van der Waals surface area contributed by atoms with Crippen molar-refractivity contribution in [2.75, 3.05) is 0 Å². The Balaban J connectivity index is 1.40. The molecular weight excluding hydrogens is 488 g/mol. The summed E-state index contributed by atoms with van der Waals surface area (Å²) in [5.74, 6) is 0.833. The molecule has 0 unspecified atom stereocenters. The topological polar surface area (TPSA) is 43.6 Å². The summed E-state index contributed by atoms with van der Waals surface area (Å²) < 4.78 is 4.25. The molecule has 0 saturated heterocycles. The van der Waals surface area contributed by atoms with E-state index in [4.69, 9.17) is 16.6 Å². The van der Waals surface area contributed by atoms with E-state index in [1.54, 1.807) is 22.7 Å². The number of aromatic nitrogens is 4. The van der Waals surface area contributed by atoms with Gasteiger partial charge < -0.3 is 0 Å². The van der Waals surface area contributed by atoms with Crippen LogP contribution in [0.15, 0.2) is 99.8 Å². The Morgan fingerprint density at radius 3 is 2.45 bits per heavy atom. The molecule has 0 aliphatic rings. The number of thiophene rings is 1. The summed E-state index contributed by atoms with van der Waals surface area (Å²) >= 11 is 10.9. The fourth-order valence-electron chi connectivity index (χ4n) is 3.53. The molecule has 6 rings (SSSR count). The highest BCUT2D eigenvalue weighted by atomic mass is 35.5. The standard InChI is InChI=1S/C25H15ClN4S3/c26-18-12-10-16(11-13-18)20-15-31-25(27-20)33-24-29-28-23(30(24)19-7-2-1-3-8-19)22-14-17-6-4-5-9-21(17)32-22/h1-15H. The summed E-state index contributed by atoms with van der Waals surface area (Å²) in [6.45, 7) is 0. The predicted octanol–water partition coefficient (Wildman–Crippen LogP) is 8.08. The number of halogens is 1. The molecule has 0 N–H and O–H groups in total. The average Bonchev–Trinajstić information content (AvgIpc) is 3.58. The predicted molar refractivity (Wildman–Crippen MR) is 139 cm³/mol. The molecule has 0 spiro atoms. The van der Waals surface area contributed by atoms with Gasteiger partial charge in [-0.1, -0.05) is 60.1 Å². The van der Waals surface area contributed by atoms with E-state index in [0.29, 0.717) is 5.02 Å². The Bertz CT molecular complexity index is 1520. The molecule has 0 saturated carbocycles. The Hall–Kier alpha value is -2.97. The fraction of sp³-hybridized carbons (Fsp3) is 0. The van der Waals surface area contributed by atoms with Gasteiger partial charge >= 0.3 is 0 Å². The van der Waals surface area contributed by atoms with E-state index >= 15 is 0 Å². The van der Waals surface area contributed by atoms with Crippen LogP contribution in [-0.2, 0) is 0 Å². The molecule has 0 atom stereocenters. The summed E-state index contributed by atoms with van der Waals surface area (Å²) in [7, 11) is 0. The number of fused-ring (bicyclic) bond motifs is 1. The van der Waals surface area contributed by atoms with Gasteiger partial charge in [0.2, 0.25) is 5.16 Å². The first-order chi connectivity index (χ1) is 16.2. The molecule has 3 aromatic carbocycles. The smallest absolute Gasteiger partial charge is 0.203 e. The van der Waals surface area contributed by atoms with Gasteiger partial charge in [0.1, 0.15) is 0 Å². The van der Waals surface area contributed by atoms with E-state index in [9.17, 15) is 0 Å². The van der Waals surface area contributed by atoms with Crippen molar-refractivity contribution < 1.29 is 0 Å². The first-order valence-corrected chi connectivity index (χ1v) is 13.0. The Morgan fingerprint density at radius 2 is 1.64 bits per heavy atom. The highest BCUT2D eigenvalue weighted by molar-refractivity contribution is 8.00. The van der Waals surface area contributed by atoms with Crippen molar-refractivity contribution in [3.05, 3.63) is 95.3 Å². The van der Waals surface area contributed by atoms with Gasteiger partial charge in [-0.25, -0.2) is 4.98 Å². The lowest BCUT2D eigenvalue weighted by Gasteiger charge is -2.08. The number of para-hydroxylation sites is 1. The number of benzene rings is 3. The molecule has 160 valence electrons. The van der Waals surface area contributed by atoms with E-state index in [0.717, 1.165) is 37.1 Å². The van der Waals surface area contributed by atoms with Crippen molar-refractivity contribution in [2.45, 2.75) is 9.50 Å². The number of thiazole rings is 1. The van der Waals surface area contributed by atoms with Crippen LogP contribution in [0.4, 0.5) is 0 Å². The van der Waals surface area contributed by atoms with Crippen LogP contribution in [0.2, 0.25) is 5.02 Å². The van der Waals surface area contributed by atoms with Crippen LogP contribution in [0, 0.1) is 0 Å². The zero-order chi connectivity index (χ0) is 22.2. The highest BCUT2D eigenvalue weighted by Crippen LogP contribution is 2.38. The van der Waals surface area contributed by atoms with Crippen molar-refractivity contribution in [3.63, 3.8) is 0 Å². The molecule has 0 aliphatic carbocycles. The quantitative estimate of drug-likeness (QED) is 0.239. The molecule has 0 fully saturated rings.